The van der Waals surface area contributed by atoms with Gasteiger partial charge in [0.15, 0.2) is 5.16 Å². The summed E-state index contributed by atoms with van der Waals surface area (Å²) in [5, 5.41) is 12.5. The van der Waals surface area contributed by atoms with Gasteiger partial charge in [-0.1, -0.05) is 35.5 Å². The zero-order valence-electron chi connectivity index (χ0n) is 16.6. The normalized spacial score (nSPS) is 10.6. The lowest BCUT2D eigenvalue weighted by Gasteiger charge is -2.07. The number of nitrogens with one attached hydrogen (secondary N) is 1. The van der Waals surface area contributed by atoms with E-state index in [1.807, 2.05) is 35.9 Å². The molecule has 1 N–H and O–H groups in total. The van der Waals surface area contributed by atoms with Gasteiger partial charge in [0, 0.05) is 24.2 Å². The Hall–Kier alpha value is -2.84. The molecule has 3 rings (SSSR count). The zero-order valence-corrected chi connectivity index (χ0v) is 18.2. The van der Waals surface area contributed by atoms with Crippen LogP contribution < -0.4 is 5.32 Å². The molecule has 0 fully saturated rings. The van der Waals surface area contributed by atoms with Crippen LogP contribution >= 0.6 is 23.4 Å². The molecule has 3 aromatic rings. The van der Waals surface area contributed by atoms with Crippen LogP contribution in [0.3, 0.4) is 0 Å². The van der Waals surface area contributed by atoms with Crippen LogP contribution in [0.5, 0.6) is 0 Å². The van der Waals surface area contributed by atoms with Crippen LogP contribution in [-0.2, 0) is 23.0 Å². The van der Waals surface area contributed by atoms with E-state index in [2.05, 4.69) is 15.5 Å². The summed E-state index contributed by atoms with van der Waals surface area (Å²) in [6, 6.07) is 14.1. The molecule has 30 heavy (non-hydrogen) atoms. The van der Waals surface area contributed by atoms with E-state index in [9.17, 15) is 9.59 Å². The molecule has 1 amide bonds. The third-order valence-electron chi connectivity index (χ3n) is 4.21. The molecule has 0 saturated heterocycles. The maximum atomic E-state index is 12.3. The Labute approximate surface area is 183 Å². The van der Waals surface area contributed by atoms with Crippen molar-refractivity contribution in [2.45, 2.75) is 18.5 Å². The number of rotatable bonds is 8. The standard InChI is InChI=1S/C21H21ClN4O3S/c1-3-29-20(28)15-6-10-17(11-7-15)23-19(27)13-30-21-25-24-18(26(21)2)12-14-4-8-16(22)9-5-14/h4-11H,3,12-13H2,1-2H3,(H,23,27). The maximum Gasteiger partial charge on any atom is 0.338 e. The Morgan fingerprint density at radius 1 is 1.10 bits per heavy atom. The molecule has 0 saturated carbocycles. The molecule has 0 aliphatic carbocycles. The maximum absolute atomic E-state index is 12.3. The van der Waals surface area contributed by atoms with Crippen molar-refractivity contribution in [2.24, 2.45) is 7.05 Å². The van der Waals surface area contributed by atoms with E-state index >= 15 is 0 Å². The van der Waals surface area contributed by atoms with Gasteiger partial charge in [-0.2, -0.15) is 0 Å². The van der Waals surface area contributed by atoms with E-state index in [0.717, 1.165) is 11.4 Å². The van der Waals surface area contributed by atoms with Crippen molar-refractivity contribution in [3.8, 4) is 0 Å². The first-order chi connectivity index (χ1) is 14.5. The van der Waals surface area contributed by atoms with Crippen molar-refractivity contribution in [1.29, 1.82) is 0 Å². The predicted octanol–water partition coefficient (Wildman–Crippen LogP) is 3.97. The van der Waals surface area contributed by atoms with Gasteiger partial charge >= 0.3 is 5.97 Å². The van der Waals surface area contributed by atoms with Gasteiger partial charge in [0.25, 0.3) is 0 Å². The van der Waals surface area contributed by atoms with Gasteiger partial charge in [0.1, 0.15) is 5.82 Å². The second kappa shape index (κ2) is 10.3. The molecule has 2 aromatic carbocycles. The number of hydrogen-bond acceptors (Lipinski definition) is 6. The van der Waals surface area contributed by atoms with Gasteiger partial charge in [-0.15, -0.1) is 10.2 Å². The highest BCUT2D eigenvalue weighted by Crippen LogP contribution is 2.19. The first-order valence-electron chi connectivity index (χ1n) is 9.28. The third-order valence-corrected chi connectivity index (χ3v) is 5.48. The first kappa shape index (κ1) is 21.9. The Bertz CT molecular complexity index is 1020. The first-order valence-corrected chi connectivity index (χ1v) is 10.6. The van der Waals surface area contributed by atoms with Gasteiger partial charge in [-0.05, 0) is 48.9 Å². The number of hydrogen-bond donors (Lipinski definition) is 1. The minimum atomic E-state index is -0.386. The minimum absolute atomic E-state index is 0.175. The van der Waals surface area contributed by atoms with Crippen molar-refractivity contribution in [3.63, 3.8) is 0 Å². The van der Waals surface area contributed by atoms with Crippen LogP contribution in [0.15, 0.2) is 53.7 Å². The van der Waals surface area contributed by atoms with Crippen LogP contribution in [0.25, 0.3) is 0 Å². The molecule has 156 valence electrons. The number of carbonyl (C=O) groups is 2. The molecule has 0 atom stereocenters. The van der Waals surface area contributed by atoms with Gasteiger partial charge in [-0.25, -0.2) is 4.79 Å². The molecule has 0 unspecified atom stereocenters. The number of thioether (sulfide) groups is 1. The summed E-state index contributed by atoms with van der Waals surface area (Å²) in [6.07, 6.45) is 0.625. The molecule has 1 heterocycles. The van der Waals surface area contributed by atoms with Crippen LogP contribution in [-0.4, -0.2) is 39.0 Å². The summed E-state index contributed by atoms with van der Waals surface area (Å²) in [7, 11) is 1.87. The van der Waals surface area contributed by atoms with Crippen molar-refractivity contribution in [3.05, 3.63) is 70.5 Å². The quantitative estimate of drug-likeness (QED) is 0.418. The monoisotopic (exact) mass is 444 g/mol. The summed E-state index contributed by atoms with van der Waals surface area (Å²) in [5.74, 6) is 0.426. The van der Waals surface area contributed by atoms with Crippen molar-refractivity contribution in [2.75, 3.05) is 17.7 Å². The Balaban J connectivity index is 1.53. The van der Waals surface area contributed by atoms with E-state index in [4.69, 9.17) is 16.3 Å². The molecular weight excluding hydrogens is 424 g/mol. The number of carbonyl (C=O) groups excluding carboxylic acids is 2. The van der Waals surface area contributed by atoms with E-state index in [-0.39, 0.29) is 17.6 Å². The summed E-state index contributed by atoms with van der Waals surface area (Å²) < 4.78 is 6.82. The molecule has 0 bridgehead atoms. The molecule has 9 heteroatoms. The summed E-state index contributed by atoms with van der Waals surface area (Å²) in [5.41, 5.74) is 2.13. The summed E-state index contributed by atoms with van der Waals surface area (Å²) >= 11 is 7.22. The largest absolute Gasteiger partial charge is 0.462 e. The number of ether oxygens (including phenoxy) is 1. The second-order valence-electron chi connectivity index (χ2n) is 6.40. The van der Waals surface area contributed by atoms with Gasteiger partial charge in [0.05, 0.1) is 17.9 Å². The number of nitrogens with zero attached hydrogens (tertiary/aromatic N) is 3. The number of halogens is 1. The zero-order chi connectivity index (χ0) is 21.5. The average Bonchev–Trinajstić information content (AvgIpc) is 3.08. The Morgan fingerprint density at radius 2 is 1.80 bits per heavy atom. The third kappa shape index (κ3) is 5.84. The fourth-order valence-corrected chi connectivity index (χ4v) is 3.50. The lowest BCUT2D eigenvalue weighted by Crippen LogP contribution is -2.14. The fourth-order valence-electron chi connectivity index (χ4n) is 2.64. The number of esters is 1. The topological polar surface area (TPSA) is 86.1 Å². The Kier molecular flexibility index (Phi) is 7.48. The Morgan fingerprint density at radius 3 is 2.47 bits per heavy atom. The van der Waals surface area contributed by atoms with Gasteiger partial charge in [0.2, 0.25) is 5.91 Å². The number of benzene rings is 2. The van der Waals surface area contributed by atoms with Crippen molar-refractivity contribution < 1.29 is 14.3 Å². The van der Waals surface area contributed by atoms with Crippen LogP contribution in [0.1, 0.15) is 28.7 Å². The highest BCUT2D eigenvalue weighted by Gasteiger charge is 2.13. The summed E-state index contributed by atoms with van der Waals surface area (Å²) in [6.45, 7) is 2.07. The van der Waals surface area contributed by atoms with Gasteiger partial charge in [-0.3, -0.25) is 4.79 Å². The van der Waals surface area contributed by atoms with Gasteiger partial charge < -0.3 is 14.6 Å². The van der Waals surface area contributed by atoms with Crippen molar-refractivity contribution >= 4 is 40.9 Å². The fraction of sp³-hybridized carbons (Fsp3) is 0.238. The molecule has 7 nitrogen and oxygen atoms in total. The van der Waals surface area contributed by atoms with E-state index < -0.39 is 0 Å². The lowest BCUT2D eigenvalue weighted by molar-refractivity contribution is -0.113. The smallest absolute Gasteiger partial charge is 0.338 e. The minimum Gasteiger partial charge on any atom is -0.462 e. The lowest BCUT2D eigenvalue weighted by atomic mass is 10.1. The molecule has 0 aliphatic rings. The highest BCUT2D eigenvalue weighted by molar-refractivity contribution is 7.99. The molecular formula is C21H21ClN4O3S. The SMILES string of the molecule is CCOC(=O)c1ccc(NC(=O)CSc2nnc(Cc3ccc(Cl)cc3)n2C)cc1. The summed E-state index contributed by atoms with van der Waals surface area (Å²) in [4.78, 5) is 23.9. The number of aromatic nitrogens is 3. The highest BCUT2D eigenvalue weighted by atomic mass is 35.5. The second-order valence-corrected chi connectivity index (χ2v) is 7.77. The van der Waals surface area contributed by atoms with Crippen LogP contribution in [0.4, 0.5) is 5.69 Å². The molecule has 1 aromatic heterocycles. The van der Waals surface area contributed by atoms with Crippen molar-refractivity contribution in [1.82, 2.24) is 14.8 Å². The van der Waals surface area contributed by atoms with E-state index in [1.54, 1.807) is 31.2 Å². The molecule has 0 radical (unpaired) electrons. The average molecular weight is 445 g/mol. The predicted molar refractivity (Wildman–Crippen MR) is 117 cm³/mol. The van der Waals surface area contributed by atoms with E-state index in [0.29, 0.717) is 34.5 Å². The molecule has 0 aliphatic heterocycles. The van der Waals surface area contributed by atoms with Crippen LogP contribution in [0.2, 0.25) is 5.02 Å². The number of amides is 1. The molecule has 0 spiro atoms. The van der Waals surface area contributed by atoms with E-state index in [1.165, 1.54) is 11.8 Å². The van der Waals surface area contributed by atoms with Crippen LogP contribution in [0, 0.1) is 0 Å². The number of anilines is 1.